The molecule has 0 fully saturated rings. The van der Waals surface area contributed by atoms with Gasteiger partial charge in [-0.15, -0.1) is 0 Å². The Bertz CT molecular complexity index is 963. The molecule has 0 atom stereocenters. The molecule has 0 radical (unpaired) electrons. The second kappa shape index (κ2) is 8.06. The van der Waals surface area contributed by atoms with Crippen LogP contribution in [0.3, 0.4) is 0 Å². The van der Waals surface area contributed by atoms with Crippen LogP contribution in [0.15, 0.2) is 47.3 Å². The summed E-state index contributed by atoms with van der Waals surface area (Å²) in [6.45, 7) is 3.30. The topological polar surface area (TPSA) is 63.3 Å². The molecule has 3 rings (SSSR count). The van der Waals surface area contributed by atoms with Crippen LogP contribution in [-0.2, 0) is 13.0 Å². The summed E-state index contributed by atoms with van der Waals surface area (Å²) >= 11 is 0. The van der Waals surface area contributed by atoms with Crippen LogP contribution in [-0.4, -0.2) is 25.7 Å². The molecule has 136 valence electrons. The van der Waals surface area contributed by atoms with Gasteiger partial charge in [-0.2, -0.15) is 0 Å². The van der Waals surface area contributed by atoms with E-state index in [0.29, 0.717) is 6.54 Å². The summed E-state index contributed by atoms with van der Waals surface area (Å²) in [6.07, 6.45) is 0.838. The maximum absolute atomic E-state index is 12.3. The Hall–Kier alpha value is -2.79. The van der Waals surface area contributed by atoms with E-state index in [-0.39, 0.29) is 5.56 Å². The third-order valence-electron chi connectivity index (χ3n) is 4.52. The summed E-state index contributed by atoms with van der Waals surface area (Å²) in [5, 5.41) is 4.40. The molecule has 0 aliphatic carbocycles. The molecule has 1 aromatic heterocycles. The average Bonchev–Trinajstić information content (AvgIpc) is 2.66. The first-order valence-corrected chi connectivity index (χ1v) is 8.65. The van der Waals surface area contributed by atoms with Crippen molar-refractivity contribution < 1.29 is 9.47 Å². The highest BCUT2D eigenvalue weighted by Crippen LogP contribution is 2.27. The summed E-state index contributed by atoms with van der Waals surface area (Å²) in [5.74, 6) is 1.45. The largest absolute Gasteiger partial charge is 0.493 e. The molecule has 0 spiro atoms. The second-order valence-electron chi connectivity index (χ2n) is 6.28. The molecule has 0 aliphatic heterocycles. The minimum absolute atomic E-state index is 0.0367. The van der Waals surface area contributed by atoms with Crippen molar-refractivity contribution in [2.45, 2.75) is 19.9 Å². The number of hydrogen-bond acceptors (Lipinski definition) is 4. The van der Waals surface area contributed by atoms with E-state index in [1.807, 2.05) is 49.4 Å². The summed E-state index contributed by atoms with van der Waals surface area (Å²) in [6, 6.07) is 13.9. The number of nitrogens with one attached hydrogen (secondary N) is 2. The Balaban J connectivity index is 1.63. The minimum Gasteiger partial charge on any atom is -0.493 e. The van der Waals surface area contributed by atoms with Gasteiger partial charge < -0.3 is 19.8 Å². The number of fused-ring (bicyclic) bond motifs is 1. The highest BCUT2D eigenvalue weighted by Gasteiger charge is 2.06. The molecular formula is C21H24N2O3. The maximum atomic E-state index is 12.3. The maximum Gasteiger partial charge on any atom is 0.252 e. The molecule has 5 heteroatoms. The SMILES string of the molecule is COc1ccc(CCNCc2cc3cccc(C)c3[nH]c2=O)cc1OC. The van der Waals surface area contributed by atoms with Crippen LogP contribution in [0.2, 0.25) is 0 Å². The number of benzene rings is 2. The third-order valence-corrected chi connectivity index (χ3v) is 4.52. The van der Waals surface area contributed by atoms with Crippen molar-refractivity contribution in [3.05, 3.63) is 69.5 Å². The van der Waals surface area contributed by atoms with Gasteiger partial charge in [0.15, 0.2) is 11.5 Å². The fourth-order valence-electron chi connectivity index (χ4n) is 3.05. The number of pyridine rings is 1. The molecular weight excluding hydrogens is 328 g/mol. The van der Waals surface area contributed by atoms with Crippen molar-refractivity contribution in [1.82, 2.24) is 10.3 Å². The highest BCUT2D eigenvalue weighted by atomic mass is 16.5. The zero-order valence-corrected chi connectivity index (χ0v) is 15.4. The van der Waals surface area contributed by atoms with E-state index in [1.54, 1.807) is 14.2 Å². The highest BCUT2D eigenvalue weighted by molar-refractivity contribution is 5.81. The van der Waals surface area contributed by atoms with Gasteiger partial charge in [0.25, 0.3) is 5.56 Å². The number of methoxy groups -OCH3 is 2. The van der Waals surface area contributed by atoms with Crippen LogP contribution in [0.1, 0.15) is 16.7 Å². The van der Waals surface area contributed by atoms with E-state index in [4.69, 9.17) is 9.47 Å². The first-order chi connectivity index (χ1) is 12.6. The van der Waals surface area contributed by atoms with Gasteiger partial charge in [-0.1, -0.05) is 24.3 Å². The summed E-state index contributed by atoms with van der Waals surface area (Å²) < 4.78 is 10.6. The van der Waals surface area contributed by atoms with E-state index in [9.17, 15) is 4.79 Å². The van der Waals surface area contributed by atoms with Crippen molar-refractivity contribution in [2.75, 3.05) is 20.8 Å². The minimum atomic E-state index is -0.0367. The van der Waals surface area contributed by atoms with Gasteiger partial charge in [-0.3, -0.25) is 4.79 Å². The normalized spacial score (nSPS) is 10.9. The molecule has 0 saturated carbocycles. The van der Waals surface area contributed by atoms with Crippen LogP contribution >= 0.6 is 0 Å². The van der Waals surface area contributed by atoms with E-state index in [1.165, 1.54) is 0 Å². The van der Waals surface area contributed by atoms with Crippen molar-refractivity contribution in [2.24, 2.45) is 0 Å². The van der Waals surface area contributed by atoms with E-state index < -0.39 is 0 Å². The molecule has 0 bridgehead atoms. The summed E-state index contributed by atoms with van der Waals surface area (Å²) in [5.41, 5.74) is 3.85. The van der Waals surface area contributed by atoms with Crippen LogP contribution < -0.4 is 20.3 Å². The lowest BCUT2D eigenvalue weighted by Gasteiger charge is -2.10. The van der Waals surface area contributed by atoms with Gasteiger partial charge in [-0.25, -0.2) is 0 Å². The molecule has 2 N–H and O–H groups in total. The summed E-state index contributed by atoms with van der Waals surface area (Å²) in [4.78, 5) is 15.3. The first-order valence-electron chi connectivity index (χ1n) is 8.65. The summed E-state index contributed by atoms with van der Waals surface area (Å²) in [7, 11) is 3.26. The molecule has 0 saturated heterocycles. The van der Waals surface area contributed by atoms with Crippen LogP contribution in [0.25, 0.3) is 10.9 Å². The Morgan fingerprint density at radius 1 is 1.04 bits per heavy atom. The molecule has 26 heavy (non-hydrogen) atoms. The molecule has 2 aromatic carbocycles. The Kier molecular flexibility index (Phi) is 5.58. The van der Waals surface area contributed by atoms with Crippen LogP contribution in [0, 0.1) is 6.92 Å². The van der Waals surface area contributed by atoms with Gasteiger partial charge in [0.2, 0.25) is 0 Å². The molecule has 3 aromatic rings. The third kappa shape index (κ3) is 3.89. The number of aromatic nitrogens is 1. The number of rotatable bonds is 7. The Morgan fingerprint density at radius 2 is 1.85 bits per heavy atom. The second-order valence-corrected chi connectivity index (χ2v) is 6.28. The predicted octanol–water partition coefficient (Wildman–Crippen LogP) is 3.19. The van der Waals surface area contributed by atoms with Gasteiger partial charge in [0.1, 0.15) is 0 Å². The standard InChI is InChI=1S/C21H24N2O3/c1-14-5-4-6-16-12-17(21(24)23-20(14)16)13-22-10-9-15-7-8-18(25-2)19(11-15)26-3/h4-8,11-12,22H,9-10,13H2,1-3H3,(H,23,24). The quantitative estimate of drug-likeness (QED) is 0.641. The van der Waals surface area contributed by atoms with Gasteiger partial charge in [0, 0.05) is 12.1 Å². The van der Waals surface area contributed by atoms with Crippen molar-refractivity contribution in [3.63, 3.8) is 0 Å². The molecule has 5 nitrogen and oxygen atoms in total. The van der Waals surface area contributed by atoms with Crippen LogP contribution in [0.5, 0.6) is 11.5 Å². The van der Waals surface area contributed by atoms with E-state index in [0.717, 1.165) is 52.1 Å². The zero-order chi connectivity index (χ0) is 18.5. The van der Waals surface area contributed by atoms with E-state index >= 15 is 0 Å². The number of aryl methyl sites for hydroxylation is 1. The van der Waals surface area contributed by atoms with Gasteiger partial charge in [-0.05, 0) is 54.6 Å². The monoisotopic (exact) mass is 352 g/mol. The predicted molar refractivity (Wildman–Crippen MR) is 104 cm³/mol. The number of para-hydroxylation sites is 1. The lowest BCUT2D eigenvalue weighted by molar-refractivity contribution is 0.354. The Morgan fingerprint density at radius 3 is 2.62 bits per heavy atom. The van der Waals surface area contributed by atoms with Crippen molar-refractivity contribution >= 4 is 10.9 Å². The van der Waals surface area contributed by atoms with Crippen LogP contribution in [0.4, 0.5) is 0 Å². The molecule has 0 unspecified atom stereocenters. The fraction of sp³-hybridized carbons (Fsp3) is 0.286. The van der Waals surface area contributed by atoms with Gasteiger partial charge >= 0.3 is 0 Å². The average molecular weight is 352 g/mol. The fourth-order valence-corrected chi connectivity index (χ4v) is 3.05. The molecule has 0 aliphatic rings. The number of aromatic amines is 1. The van der Waals surface area contributed by atoms with Crippen molar-refractivity contribution in [1.29, 1.82) is 0 Å². The van der Waals surface area contributed by atoms with E-state index in [2.05, 4.69) is 10.3 Å². The number of ether oxygens (including phenoxy) is 2. The number of hydrogen-bond donors (Lipinski definition) is 2. The Labute approximate surface area is 153 Å². The first kappa shape index (κ1) is 18.0. The smallest absolute Gasteiger partial charge is 0.252 e. The molecule has 1 heterocycles. The van der Waals surface area contributed by atoms with Gasteiger partial charge in [0.05, 0.1) is 19.7 Å². The zero-order valence-electron chi connectivity index (χ0n) is 15.4. The molecule has 0 amide bonds. The number of H-pyrrole nitrogens is 1. The van der Waals surface area contributed by atoms with Crippen molar-refractivity contribution in [3.8, 4) is 11.5 Å². The lowest BCUT2D eigenvalue weighted by atomic mass is 10.1. The lowest BCUT2D eigenvalue weighted by Crippen LogP contribution is -2.23.